The molecule has 0 unspecified atom stereocenters. The van der Waals surface area contributed by atoms with Crippen molar-refractivity contribution in [1.29, 1.82) is 0 Å². The van der Waals surface area contributed by atoms with E-state index in [0.717, 1.165) is 29.9 Å². The molecule has 2 heterocycles. The van der Waals surface area contributed by atoms with Crippen LogP contribution in [0, 0.1) is 5.82 Å². The summed E-state index contributed by atoms with van der Waals surface area (Å²) < 4.78 is 39.3. The zero-order valence-corrected chi connectivity index (χ0v) is 14.5. The normalized spacial score (nSPS) is 19.2. The highest BCUT2D eigenvalue weighted by molar-refractivity contribution is 7.90. The van der Waals surface area contributed by atoms with E-state index in [0.29, 0.717) is 26.2 Å². The minimum absolute atomic E-state index is 0.164. The maximum absolute atomic E-state index is 13.1. The summed E-state index contributed by atoms with van der Waals surface area (Å²) in [4.78, 5) is 10.6. The van der Waals surface area contributed by atoms with Gasteiger partial charge in [-0.2, -0.15) is 4.31 Å². The molecule has 1 aromatic heterocycles. The van der Waals surface area contributed by atoms with Gasteiger partial charge in [0, 0.05) is 37.8 Å². The fourth-order valence-electron chi connectivity index (χ4n) is 3.05. The molecular weight excluding hydrogens is 343 g/mol. The summed E-state index contributed by atoms with van der Waals surface area (Å²) >= 11 is 0. The fraction of sp³-hybridized carbons (Fsp3) is 0.412. The summed E-state index contributed by atoms with van der Waals surface area (Å²) in [5.74, 6) is 0.476. The second-order valence-electron chi connectivity index (χ2n) is 6.40. The molecule has 0 atom stereocenters. The van der Waals surface area contributed by atoms with Gasteiger partial charge in [-0.25, -0.2) is 22.8 Å². The Kier molecular flexibility index (Phi) is 4.16. The molecular formula is C17H19FN4O2S. The molecule has 1 aromatic carbocycles. The first-order valence-corrected chi connectivity index (χ1v) is 9.86. The third kappa shape index (κ3) is 3.36. The van der Waals surface area contributed by atoms with Gasteiger partial charge in [0.1, 0.15) is 18.0 Å². The van der Waals surface area contributed by atoms with E-state index in [4.69, 9.17) is 0 Å². The Morgan fingerprint density at radius 3 is 2.32 bits per heavy atom. The second-order valence-corrected chi connectivity index (χ2v) is 8.61. The number of halogens is 1. The van der Waals surface area contributed by atoms with Gasteiger partial charge in [0.15, 0.2) is 0 Å². The van der Waals surface area contributed by atoms with Crippen molar-refractivity contribution >= 4 is 15.8 Å². The summed E-state index contributed by atoms with van der Waals surface area (Å²) in [6, 6.07) is 8.03. The number of hydrogen-bond acceptors (Lipinski definition) is 5. The van der Waals surface area contributed by atoms with Crippen LogP contribution < -0.4 is 4.90 Å². The summed E-state index contributed by atoms with van der Waals surface area (Å²) in [7, 11) is -3.11. The lowest BCUT2D eigenvalue weighted by molar-refractivity contribution is 0.383. The van der Waals surface area contributed by atoms with E-state index in [1.807, 2.05) is 6.07 Å². The number of piperazine rings is 1. The zero-order valence-electron chi connectivity index (χ0n) is 13.7. The third-order valence-electron chi connectivity index (χ3n) is 4.66. The predicted molar refractivity (Wildman–Crippen MR) is 93.2 cm³/mol. The number of nitrogens with zero attached hydrogens (tertiary/aromatic N) is 4. The van der Waals surface area contributed by atoms with Crippen LogP contribution in [0.2, 0.25) is 0 Å². The number of benzene rings is 1. The molecule has 0 bridgehead atoms. The molecule has 0 radical (unpaired) electrons. The molecule has 6 nitrogen and oxygen atoms in total. The quantitative estimate of drug-likeness (QED) is 0.831. The number of aromatic nitrogens is 2. The van der Waals surface area contributed by atoms with Crippen molar-refractivity contribution in [1.82, 2.24) is 14.3 Å². The van der Waals surface area contributed by atoms with Gasteiger partial charge in [-0.05, 0) is 37.1 Å². The standard InChI is InChI=1S/C17H19FN4O2S/c18-14-3-1-13(2-4-14)16-11-17(20-12-19-16)21-7-9-22(10-8-21)25(23,24)15-5-6-15/h1-4,11-12,15H,5-10H2. The summed E-state index contributed by atoms with van der Waals surface area (Å²) in [5.41, 5.74) is 1.54. The first-order chi connectivity index (χ1) is 12.0. The van der Waals surface area contributed by atoms with Crippen molar-refractivity contribution in [3.05, 3.63) is 42.5 Å². The minimum Gasteiger partial charge on any atom is -0.354 e. The van der Waals surface area contributed by atoms with E-state index < -0.39 is 10.0 Å². The maximum atomic E-state index is 13.1. The van der Waals surface area contributed by atoms with E-state index >= 15 is 0 Å². The Labute approximate surface area is 146 Å². The highest BCUT2D eigenvalue weighted by Gasteiger charge is 2.41. The first kappa shape index (κ1) is 16.4. The number of sulfonamides is 1. The van der Waals surface area contributed by atoms with Gasteiger partial charge in [0.05, 0.1) is 10.9 Å². The lowest BCUT2D eigenvalue weighted by Gasteiger charge is -2.34. The van der Waals surface area contributed by atoms with Crippen molar-refractivity contribution in [3.8, 4) is 11.3 Å². The van der Waals surface area contributed by atoms with Crippen LogP contribution in [0.15, 0.2) is 36.7 Å². The molecule has 4 rings (SSSR count). The molecule has 132 valence electrons. The van der Waals surface area contributed by atoms with Gasteiger partial charge in [-0.1, -0.05) is 0 Å². The molecule has 1 aliphatic carbocycles. The molecule has 2 aliphatic rings. The lowest BCUT2D eigenvalue weighted by atomic mass is 10.1. The van der Waals surface area contributed by atoms with Gasteiger partial charge in [0.2, 0.25) is 10.0 Å². The van der Waals surface area contributed by atoms with Crippen molar-refractivity contribution in [2.75, 3.05) is 31.1 Å². The van der Waals surface area contributed by atoms with Gasteiger partial charge in [-0.15, -0.1) is 0 Å². The van der Waals surface area contributed by atoms with Gasteiger partial charge in [-0.3, -0.25) is 0 Å². The van der Waals surface area contributed by atoms with Crippen LogP contribution in [0.4, 0.5) is 10.2 Å². The zero-order chi connectivity index (χ0) is 17.4. The third-order valence-corrected chi connectivity index (χ3v) is 7.06. The van der Waals surface area contributed by atoms with E-state index in [2.05, 4.69) is 14.9 Å². The molecule has 2 aromatic rings. The van der Waals surface area contributed by atoms with E-state index in [-0.39, 0.29) is 11.1 Å². The van der Waals surface area contributed by atoms with Crippen LogP contribution in [0.5, 0.6) is 0 Å². The Balaban J connectivity index is 1.48. The highest BCUT2D eigenvalue weighted by atomic mass is 32.2. The number of rotatable bonds is 4. The first-order valence-electron chi connectivity index (χ1n) is 8.36. The molecule has 25 heavy (non-hydrogen) atoms. The van der Waals surface area contributed by atoms with Crippen molar-refractivity contribution < 1.29 is 12.8 Å². The Morgan fingerprint density at radius 1 is 1.00 bits per heavy atom. The molecule has 2 fully saturated rings. The van der Waals surface area contributed by atoms with E-state index in [9.17, 15) is 12.8 Å². The Morgan fingerprint density at radius 2 is 1.68 bits per heavy atom. The monoisotopic (exact) mass is 362 g/mol. The maximum Gasteiger partial charge on any atom is 0.217 e. The Bertz CT molecular complexity index is 860. The van der Waals surface area contributed by atoms with Crippen LogP contribution in [-0.2, 0) is 10.0 Å². The molecule has 8 heteroatoms. The average Bonchev–Trinajstić information content (AvgIpc) is 3.48. The SMILES string of the molecule is O=S(=O)(C1CC1)N1CCN(c2cc(-c3ccc(F)cc3)ncn2)CC1. The van der Waals surface area contributed by atoms with Crippen molar-refractivity contribution in [3.63, 3.8) is 0 Å². The molecule has 1 saturated heterocycles. The van der Waals surface area contributed by atoms with Gasteiger partial charge in [0.25, 0.3) is 0 Å². The minimum atomic E-state index is -3.11. The second kappa shape index (κ2) is 6.34. The molecule has 0 N–H and O–H groups in total. The van der Waals surface area contributed by atoms with Crippen LogP contribution >= 0.6 is 0 Å². The van der Waals surface area contributed by atoms with E-state index in [1.54, 1.807) is 16.4 Å². The average molecular weight is 362 g/mol. The summed E-state index contributed by atoms with van der Waals surface area (Å²) in [6.45, 7) is 2.17. The van der Waals surface area contributed by atoms with Crippen LogP contribution in [0.3, 0.4) is 0 Å². The van der Waals surface area contributed by atoms with E-state index in [1.165, 1.54) is 18.5 Å². The molecule has 0 spiro atoms. The van der Waals surface area contributed by atoms with Gasteiger partial charge >= 0.3 is 0 Å². The smallest absolute Gasteiger partial charge is 0.217 e. The Hall–Kier alpha value is -2.06. The molecule has 1 saturated carbocycles. The van der Waals surface area contributed by atoms with Gasteiger partial charge < -0.3 is 4.90 Å². The summed E-state index contributed by atoms with van der Waals surface area (Å²) in [6.07, 6.45) is 3.06. The van der Waals surface area contributed by atoms with Crippen molar-refractivity contribution in [2.45, 2.75) is 18.1 Å². The van der Waals surface area contributed by atoms with Crippen LogP contribution in [0.25, 0.3) is 11.3 Å². The number of hydrogen-bond donors (Lipinski definition) is 0. The molecule has 0 amide bonds. The molecule has 1 aliphatic heterocycles. The fourth-order valence-corrected chi connectivity index (χ4v) is 4.87. The number of anilines is 1. The topological polar surface area (TPSA) is 66.4 Å². The van der Waals surface area contributed by atoms with Crippen LogP contribution in [-0.4, -0.2) is 54.1 Å². The largest absolute Gasteiger partial charge is 0.354 e. The highest BCUT2D eigenvalue weighted by Crippen LogP contribution is 2.31. The van der Waals surface area contributed by atoms with Crippen molar-refractivity contribution in [2.24, 2.45) is 0 Å². The predicted octanol–water partition coefficient (Wildman–Crippen LogP) is 1.90. The lowest BCUT2D eigenvalue weighted by Crippen LogP contribution is -2.49. The van der Waals surface area contributed by atoms with Crippen LogP contribution in [0.1, 0.15) is 12.8 Å². The summed E-state index contributed by atoms with van der Waals surface area (Å²) in [5, 5.41) is -0.164.